The number of fused-ring (bicyclic) bond motifs is 1. The highest BCUT2D eigenvalue weighted by molar-refractivity contribution is 5.72. The smallest absolute Gasteiger partial charge is 0.178 e. The van der Waals surface area contributed by atoms with E-state index in [0.29, 0.717) is 48.5 Å². The number of ether oxygens (including phenoxy) is 1. The van der Waals surface area contributed by atoms with Crippen LogP contribution in [0.5, 0.6) is 5.75 Å². The van der Waals surface area contributed by atoms with Gasteiger partial charge in [0.2, 0.25) is 0 Å². The van der Waals surface area contributed by atoms with Crippen molar-refractivity contribution in [2.24, 2.45) is 0 Å². The van der Waals surface area contributed by atoms with E-state index in [2.05, 4.69) is 64.7 Å². The molecule has 2 aromatic heterocycles. The van der Waals surface area contributed by atoms with Gasteiger partial charge in [0.05, 0.1) is 24.8 Å². The van der Waals surface area contributed by atoms with Crippen molar-refractivity contribution in [3.8, 4) is 17.0 Å². The molecule has 0 N–H and O–H groups in total. The Balaban J connectivity index is 1.25. The Bertz CT molecular complexity index is 1450. The molecule has 0 radical (unpaired) electrons. The standard InChI is InChI=1S/C35H46F2N6O/c1-23(2)43-17-18-44-35-29(36)19-26(20-31(35)43)34-30(37)22-38-32(40-34)21-27-9-10-28(33(39-27)25-7-5-6-8-25)24-11-13-42(14-12-24)16-15-41(3)4/h9-10,19-20,22-25H,5-8,11-18,21H2,1-4H3. The lowest BCUT2D eigenvalue weighted by molar-refractivity contribution is 0.193. The Morgan fingerprint density at radius 1 is 0.955 bits per heavy atom. The molecule has 0 atom stereocenters. The van der Waals surface area contributed by atoms with Crippen LogP contribution in [0.3, 0.4) is 0 Å². The van der Waals surface area contributed by atoms with Gasteiger partial charge in [-0.25, -0.2) is 18.7 Å². The maximum absolute atomic E-state index is 15.2. The number of halogens is 2. The summed E-state index contributed by atoms with van der Waals surface area (Å²) in [4.78, 5) is 21.1. The van der Waals surface area contributed by atoms with Crippen molar-refractivity contribution in [1.82, 2.24) is 24.8 Å². The average Bonchev–Trinajstić information content (AvgIpc) is 3.56. The van der Waals surface area contributed by atoms with Gasteiger partial charge in [-0.3, -0.25) is 4.98 Å². The van der Waals surface area contributed by atoms with E-state index in [4.69, 9.17) is 9.72 Å². The lowest BCUT2D eigenvalue weighted by atomic mass is 9.84. The van der Waals surface area contributed by atoms with Crippen LogP contribution in [-0.4, -0.2) is 84.2 Å². The van der Waals surface area contributed by atoms with E-state index < -0.39 is 11.6 Å². The molecule has 0 amide bonds. The summed E-state index contributed by atoms with van der Waals surface area (Å²) in [6.45, 7) is 9.63. The van der Waals surface area contributed by atoms with E-state index in [0.717, 1.165) is 44.7 Å². The molecule has 7 nitrogen and oxygen atoms in total. The fourth-order valence-electron chi connectivity index (χ4n) is 7.13. The fourth-order valence-corrected chi connectivity index (χ4v) is 7.13. The molecule has 1 saturated carbocycles. The number of rotatable bonds is 9. The average molecular weight is 605 g/mol. The van der Waals surface area contributed by atoms with Gasteiger partial charge in [-0.15, -0.1) is 0 Å². The number of nitrogens with zero attached hydrogens (tertiary/aromatic N) is 6. The van der Waals surface area contributed by atoms with Crippen LogP contribution in [0.25, 0.3) is 11.3 Å². The van der Waals surface area contributed by atoms with Crippen LogP contribution >= 0.6 is 0 Å². The Labute approximate surface area is 260 Å². The molecule has 3 aromatic rings. The fraction of sp³-hybridized carbons (Fsp3) is 0.571. The van der Waals surface area contributed by atoms with Gasteiger partial charge in [-0.2, -0.15) is 0 Å². The molecule has 6 rings (SSSR count). The highest BCUT2D eigenvalue weighted by atomic mass is 19.1. The van der Waals surface area contributed by atoms with Crippen molar-refractivity contribution in [3.05, 3.63) is 64.9 Å². The number of likely N-dealkylation sites (tertiary alicyclic amines) is 1. The molecule has 1 aromatic carbocycles. The molecule has 1 aliphatic carbocycles. The van der Waals surface area contributed by atoms with Crippen molar-refractivity contribution in [2.75, 3.05) is 58.3 Å². The molecular weight excluding hydrogens is 558 g/mol. The molecule has 1 saturated heterocycles. The summed E-state index contributed by atoms with van der Waals surface area (Å²) in [6.07, 6.45) is 8.78. The maximum atomic E-state index is 15.2. The molecule has 0 bridgehead atoms. The molecule has 2 aliphatic heterocycles. The normalized spacial score (nSPS) is 18.3. The number of aromatic nitrogens is 3. The molecule has 0 spiro atoms. The van der Waals surface area contributed by atoms with Crippen molar-refractivity contribution in [2.45, 2.75) is 76.7 Å². The van der Waals surface area contributed by atoms with Gasteiger partial charge in [0.15, 0.2) is 17.4 Å². The summed E-state index contributed by atoms with van der Waals surface area (Å²) in [5, 5.41) is 0. The first-order valence-electron chi connectivity index (χ1n) is 16.4. The SMILES string of the molecule is CC(C)N1CCOc2c(F)cc(-c3nc(Cc4ccc(C5CCN(CCN(C)C)CC5)c(C5CCCC5)n4)ncc3F)cc21. The van der Waals surface area contributed by atoms with Gasteiger partial charge in [-0.1, -0.05) is 18.9 Å². The number of hydrogen-bond donors (Lipinski definition) is 0. The van der Waals surface area contributed by atoms with E-state index in [9.17, 15) is 0 Å². The quantitative estimate of drug-likeness (QED) is 0.280. The Kier molecular flexibility index (Phi) is 9.42. The van der Waals surface area contributed by atoms with Crippen molar-refractivity contribution < 1.29 is 13.5 Å². The van der Waals surface area contributed by atoms with Crippen LogP contribution < -0.4 is 9.64 Å². The number of pyridine rings is 1. The maximum Gasteiger partial charge on any atom is 0.178 e. The molecule has 236 valence electrons. The van der Waals surface area contributed by atoms with Crippen molar-refractivity contribution in [3.63, 3.8) is 0 Å². The molecule has 0 unspecified atom stereocenters. The van der Waals surface area contributed by atoms with Crippen molar-refractivity contribution >= 4 is 5.69 Å². The third kappa shape index (κ3) is 6.74. The molecular formula is C35H46F2N6O. The van der Waals surface area contributed by atoms with E-state index >= 15 is 8.78 Å². The lowest BCUT2D eigenvalue weighted by Crippen LogP contribution is -2.38. The highest BCUT2D eigenvalue weighted by Gasteiger charge is 2.29. The van der Waals surface area contributed by atoms with Crippen LogP contribution in [0.2, 0.25) is 0 Å². The summed E-state index contributed by atoms with van der Waals surface area (Å²) >= 11 is 0. The Hall–Kier alpha value is -3.17. The zero-order valence-corrected chi connectivity index (χ0v) is 26.7. The first kappa shape index (κ1) is 30.8. The lowest BCUT2D eigenvalue weighted by Gasteiger charge is -2.34. The summed E-state index contributed by atoms with van der Waals surface area (Å²) in [6, 6.07) is 7.64. The predicted octanol–water partition coefficient (Wildman–Crippen LogP) is 6.41. The molecule has 9 heteroatoms. The van der Waals surface area contributed by atoms with Gasteiger partial charge >= 0.3 is 0 Å². The number of anilines is 1. The summed E-state index contributed by atoms with van der Waals surface area (Å²) in [5.41, 5.74) is 4.66. The third-order valence-electron chi connectivity index (χ3n) is 9.59. The van der Waals surface area contributed by atoms with E-state index in [1.54, 1.807) is 6.07 Å². The summed E-state index contributed by atoms with van der Waals surface area (Å²) in [7, 11) is 4.27. The zero-order valence-electron chi connectivity index (χ0n) is 26.7. The molecule has 4 heterocycles. The largest absolute Gasteiger partial charge is 0.486 e. The number of piperidine rings is 1. The first-order chi connectivity index (χ1) is 21.3. The summed E-state index contributed by atoms with van der Waals surface area (Å²) in [5.74, 6) is 0.627. The summed E-state index contributed by atoms with van der Waals surface area (Å²) < 4.78 is 36.0. The van der Waals surface area contributed by atoms with E-state index in [1.807, 2.05) is 0 Å². The Morgan fingerprint density at radius 3 is 2.45 bits per heavy atom. The minimum absolute atomic E-state index is 0.0969. The van der Waals surface area contributed by atoms with E-state index in [1.165, 1.54) is 49.2 Å². The second kappa shape index (κ2) is 13.4. The second-order valence-corrected chi connectivity index (χ2v) is 13.3. The first-order valence-corrected chi connectivity index (χ1v) is 16.4. The highest BCUT2D eigenvalue weighted by Crippen LogP contribution is 2.41. The van der Waals surface area contributed by atoms with Crippen LogP contribution in [-0.2, 0) is 6.42 Å². The monoisotopic (exact) mass is 604 g/mol. The zero-order chi connectivity index (χ0) is 30.8. The molecule has 44 heavy (non-hydrogen) atoms. The topological polar surface area (TPSA) is 57.6 Å². The van der Waals surface area contributed by atoms with Crippen LogP contribution in [0, 0.1) is 11.6 Å². The van der Waals surface area contributed by atoms with Gasteiger partial charge in [0.1, 0.15) is 18.1 Å². The second-order valence-electron chi connectivity index (χ2n) is 13.3. The minimum atomic E-state index is -0.576. The van der Waals surface area contributed by atoms with Gasteiger partial charge in [0, 0.05) is 42.0 Å². The van der Waals surface area contributed by atoms with Gasteiger partial charge < -0.3 is 19.4 Å². The number of hydrogen-bond acceptors (Lipinski definition) is 7. The van der Waals surface area contributed by atoms with E-state index in [-0.39, 0.29) is 17.5 Å². The van der Waals surface area contributed by atoms with Crippen LogP contribution in [0.4, 0.5) is 14.5 Å². The number of likely N-dealkylation sites (N-methyl/N-ethyl adjacent to an activating group) is 1. The predicted molar refractivity (Wildman–Crippen MR) is 171 cm³/mol. The number of benzene rings is 1. The van der Waals surface area contributed by atoms with Gasteiger partial charge in [-0.05, 0) is 96.4 Å². The third-order valence-corrected chi connectivity index (χ3v) is 9.59. The molecule has 3 aliphatic rings. The van der Waals surface area contributed by atoms with Gasteiger partial charge in [0.25, 0.3) is 0 Å². The Morgan fingerprint density at radius 2 is 1.73 bits per heavy atom. The van der Waals surface area contributed by atoms with Crippen LogP contribution in [0.15, 0.2) is 30.5 Å². The minimum Gasteiger partial charge on any atom is -0.486 e. The van der Waals surface area contributed by atoms with Crippen molar-refractivity contribution in [1.29, 1.82) is 0 Å². The van der Waals surface area contributed by atoms with Crippen LogP contribution in [0.1, 0.15) is 87.0 Å². The molecule has 2 fully saturated rings.